The third-order valence-corrected chi connectivity index (χ3v) is 4.62. The zero-order chi connectivity index (χ0) is 12.8. The summed E-state index contributed by atoms with van der Waals surface area (Å²) in [6.45, 7) is 5.07. The van der Waals surface area contributed by atoms with Crippen LogP contribution in [0.5, 0.6) is 0 Å². The van der Waals surface area contributed by atoms with E-state index < -0.39 is 0 Å². The molecule has 0 aliphatic carbocycles. The monoisotopic (exact) mass is 251 g/mol. The van der Waals surface area contributed by atoms with E-state index in [-0.39, 0.29) is 23.4 Å². The summed E-state index contributed by atoms with van der Waals surface area (Å²) >= 11 is 0. The van der Waals surface area contributed by atoms with Gasteiger partial charge in [0.15, 0.2) is 0 Å². The highest BCUT2D eigenvalue weighted by atomic mass is 16.2. The van der Waals surface area contributed by atoms with Crippen LogP contribution in [0.3, 0.4) is 0 Å². The van der Waals surface area contributed by atoms with Gasteiger partial charge in [-0.2, -0.15) is 0 Å². The fourth-order valence-electron chi connectivity index (χ4n) is 3.47. The van der Waals surface area contributed by atoms with E-state index in [2.05, 4.69) is 5.32 Å². The summed E-state index contributed by atoms with van der Waals surface area (Å²) in [4.78, 5) is 28.1. The van der Waals surface area contributed by atoms with E-state index in [0.717, 1.165) is 32.4 Å². The Bertz CT molecular complexity index is 376. The normalized spacial score (nSPS) is 36.1. The lowest BCUT2D eigenvalue weighted by atomic mass is 9.97. The van der Waals surface area contributed by atoms with Gasteiger partial charge in [0.1, 0.15) is 0 Å². The zero-order valence-electron chi connectivity index (χ0n) is 10.9. The third kappa shape index (κ3) is 1.81. The van der Waals surface area contributed by atoms with Crippen LogP contribution in [0.4, 0.5) is 0 Å². The fourth-order valence-corrected chi connectivity index (χ4v) is 3.47. The first kappa shape index (κ1) is 12.0. The van der Waals surface area contributed by atoms with Gasteiger partial charge in [-0.3, -0.25) is 9.59 Å². The predicted octanol–water partition coefficient (Wildman–Crippen LogP) is -0.0383. The van der Waals surface area contributed by atoms with Crippen LogP contribution in [0.25, 0.3) is 0 Å². The highest BCUT2D eigenvalue weighted by molar-refractivity contribution is 5.87. The number of nitrogens with one attached hydrogen (secondary N) is 1. The van der Waals surface area contributed by atoms with Crippen molar-refractivity contribution in [1.82, 2.24) is 15.1 Å². The first-order valence-electron chi connectivity index (χ1n) is 6.94. The lowest BCUT2D eigenvalue weighted by molar-refractivity contribution is -0.143. The van der Waals surface area contributed by atoms with Crippen LogP contribution >= 0.6 is 0 Å². The number of carbonyl (C=O) groups is 2. The molecule has 3 heterocycles. The molecule has 0 aromatic carbocycles. The number of hydrogen-bond acceptors (Lipinski definition) is 3. The Labute approximate surface area is 107 Å². The molecule has 5 nitrogen and oxygen atoms in total. The summed E-state index contributed by atoms with van der Waals surface area (Å²) in [5.41, 5.74) is -0.370. The summed E-state index contributed by atoms with van der Waals surface area (Å²) in [7, 11) is 0. The molecule has 1 N–H and O–H groups in total. The van der Waals surface area contributed by atoms with Gasteiger partial charge in [-0.25, -0.2) is 0 Å². The van der Waals surface area contributed by atoms with Crippen LogP contribution in [0, 0.1) is 0 Å². The van der Waals surface area contributed by atoms with Crippen LogP contribution in [-0.2, 0) is 9.59 Å². The summed E-state index contributed by atoms with van der Waals surface area (Å²) in [6.07, 6.45) is 3.56. The summed E-state index contributed by atoms with van der Waals surface area (Å²) in [5, 5.41) is 3.33. The number of hydrogen-bond donors (Lipinski definition) is 1. The topological polar surface area (TPSA) is 52.7 Å². The van der Waals surface area contributed by atoms with Gasteiger partial charge in [-0.05, 0) is 32.7 Å². The number of nitrogens with zero attached hydrogens (tertiary/aromatic N) is 2. The Kier molecular flexibility index (Phi) is 2.81. The second-order valence-corrected chi connectivity index (χ2v) is 5.89. The van der Waals surface area contributed by atoms with Crippen LogP contribution in [-0.4, -0.2) is 59.4 Å². The molecule has 5 heteroatoms. The molecule has 3 saturated heterocycles. The van der Waals surface area contributed by atoms with E-state index in [9.17, 15) is 9.59 Å². The second kappa shape index (κ2) is 4.23. The van der Waals surface area contributed by atoms with Crippen molar-refractivity contribution in [2.24, 2.45) is 0 Å². The number of rotatable bonds is 1. The molecular formula is C13H21N3O2. The Balaban J connectivity index is 1.68. The first-order valence-corrected chi connectivity index (χ1v) is 6.94. The van der Waals surface area contributed by atoms with E-state index in [1.807, 2.05) is 16.7 Å². The smallest absolute Gasteiger partial charge is 0.242 e. The molecule has 3 aliphatic rings. The molecule has 0 aromatic heterocycles. The van der Waals surface area contributed by atoms with Crippen molar-refractivity contribution in [1.29, 1.82) is 0 Å². The number of amides is 2. The summed E-state index contributed by atoms with van der Waals surface area (Å²) in [5.74, 6) is 0.483. The van der Waals surface area contributed by atoms with E-state index in [4.69, 9.17) is 0 Å². The number of fused-ring (bicyclic) bond motifs is 1. The van der Waals surface area contributed by atoms with Crippen molar-refractivity contribution in [2.45, 2.75) is 44.2 Å². The lowest BCUT2D eigenvalue weighted by Gasteiger charge is -2.40. The molecule has 3 fully saturated rings. The average molecular weight is 251 g/mol. The average Bonchev–Trinajstić information content (AvgIpc) is 2.96. The Morgan fingerprint density at radius 3 is 3.00 bits per heavy atom. The van der Waals surface area contributed by atoms with Crippen LogP contribution < -0.4 is 5.32 Å². The van der Waals surface area contributed by atoms with Gasteiger partial charge in [0.2, 0.25) is 11.8 Å². The van der Waals surface area contributed by atoms with Crippen LogP contribution in [0.2, 0.25) is 0 Å². The molecule has 0 aromatic rings. The van der Waals surface area contributed by atoms with Gasteiger partial charge >= 0.3 is 0 Å². The molecule has 0 bridgehead atoms. The largest absolute Gasteiger partial charge is 0.337 e. The minimum absolute atomic E-state index is 0.221. The van der Waals surface area contributed by atoms with Gasteiger partial charge in [0.05, 0.1) is 5.54 Å². The first-order chi connectivity index (χ1) is 8.60. The Hall–Kier alpha value is -1.10. The Morgan fingerprint density at radius 1 is 1.44 bits per heavy atom. The highest BCUT2D eigenvalue weighted by Crippen LogP contribution is 2.26. The molecule has 0 radical (unpaired) electrons. The van der Waals surface area contributed by atoms with Gasteiger partial charge in [-0.15, -0.1) is 0 Å². The van der Waals surface area contributed by atoms with Gasteiger partial charge in [0, 0.05) is 32.1 Å². The molecule has 100 valence electrons. The zero-order valence-corrected chi connectivity index (χ0v) is 10.9. The Morgan fingerprint density at radius 2 is 2.28 bits per heavy atom. The van der Waals surface area contributed by atoms with Crippen molar-refractivity contribution in [3.63, 3.8) is 0 Å². The maximum atomic E-state index is 12.6. The summed E-state index contributed by atoms with van der Waals surface area (Å²) < 4.78 is 0. The predicted molar refractivity (Wildman–Crippen MR) is 67.0 cm³/mol. The SMILES string of the molecule is CC1(C(=O)N2CCN3C(=O)CCC3C2)CCCN1. The van der Waals surface area contributed by atoms with Gasteiger partial charge in [-0.1, -0.05) is 0 Å². The fraction of sp³-hybridized carbons (Fsp3) is 0.846. The highest BCUT2D eigenvalue weighted by Gasteiger charge is 2.43. The molecule has 3 aliphatic heterocycles. The number of carbonyl (C=O) groups excluding carboxylic acids is 2. The second-order valence-electron chi connectivity index (χ2n) is 5.89. The van der Waals surface area contributed by atoms with Crippen LogP contribution in [0.1, 0.15) is 32.6 Å². The van der Waals surface area contributed by atoms with Crippen molar-refractivity contribution in [3.8, 4) is 0 Å². The molecule has 18 heavy (non-hydrogen) atoms. The van der Waals surface area contributed by atoms with Crippen molar-refractivity contribution >= 4 is 11.8 Å². The maximum absolute atomic E-state index is 12.6. The summed E-state index contributed by atoms with van der Waals surface area (Å²) in [6, 6.07) is 0.264. The van der Waals surface area contributed by atoms with Crippen LogP contribution in [0.15, 0.2) is 0 Å². The maximum Gasteiger partial charge on any atom is 0.242 e. The van der Waals surface area contributed by atoms with E-state index in [0.29, 0.717) is 19.5 Å². The lowest BCUT2D eigenvalue weighted by Crippen LogP contribution is -2.60. The third-order valence-electron chi connectivity index (χ3n) is 4.62. The van der Waals surface area contributed by atoms with E-state index in [1.54, 1.807) is 0 Å². The van der Waals surface area contributed by atoms with Gasteiger partial charge < -0.3 is 15.1 Å². The quantitative estimate of drug-likeness (QED) is 0.711. The molecule has 0 saturated carbocycles. The molecule has 2 amide bonds. The minimum Gasteiger partial charge on any atom is -0.337 e. The standard InChI is InChI=1S/C13H21N3O2/c1-13(5-2-6-14-13)12(18)15-7-8-16-10(9-15)3-4-11(16)17/h10,14H,2-9H2,1H3. The van der Waals surface area contributed by atoms with E-state index >= 15 is 0 Å². The van der Waals surface area contributed by atoms with Crippen molar-refractivity contribution in [2.75, 3.05) is 26.2 Å². The molecule has 0 spiro atoms. The van der Waals surface area contributed by atoms with Crippen molar-refractivity contribution in [3.05, 3.63) is 0 Å². The molecule has 2 atom stereocenters. The molecule has 3 rings (SSSR count). The van der Waals surface area contributed by atoms with Gasteiger partial charge in [0.25, 0.3) is 0 Å². The number of piperazine rings is 1. The molecular weight excluding hydrogens is 230 g/mol. The van der Waals surface area contributed by atoms with Crippen molar-refractivity contribution < 1.29 is 9.59 Å². The minimum atomic E-state index is -0.370. The van der Waals surface area contributed by atoms with E-state index in [1.165, 1.54) is 0 Å². The molecule has 2 unspecified atom stereocenters.